The second-order valence-electron chi connectivity index (χ2n) is 6.04. The van der Waals surface area contributed by atoms with Crippen LogP contribution in [0.2, 0.25) is 0 Å². The zero-order chi connectivity index (χ0) is 14.8. The normalized spacial score (nSPS) is 22.8. The smallest absolute Gasteiger partial charge is 0.232 e. The molecule has 2 saturated heterocycles. The summed E-state index contributed by atoms with van der Waals surface area (Å²) in [5, 5.41) is 3.04. The molecule has 0 amide bonds. The second-order valence-corrected chi connectivity index (χ2v) is 6.04. The number of rotatable bonds is 3. The van der Waals surface area contributed by atoms with E-state index in [1.165, 1.54) is 32.4 Å². The van der Waals surface area contributed by atoms with Gasteiger partial charge < -0.3 is 15.1 Å². The van der Waals surface area contributed by atoms with Crippen LogP contribution in [0, 0.1) is 0 Å². The molecule has 7 nitrogen and oxygen atoms in total. The first-order valence-electron chi connectivity index (χ1n) is 7.77. The molecule has 3 heterocycles. The van der Waals surface area contributed by atoms with Crippen LogP contribution >= 0.6 is 0 Å². The number of aromatic nitrogens is 3. The van der Waals surface area contributed by atoms with Crippen LogP contribution in [0.5, 0.6) is 0 Å². The number of fused-ring (bicyclic) bond motifs is 1. The van der Waals surface area contributed by atoms with Crippen molar-refractivity contribution in [3.8, 4) is 0 Å². The van der Waals surface area contributed by atoms with Crippen molar-refractivity contribution in [2.24, 2.45) is 0 Å². The fraction of sp³-hybridized carbons (Fsp3) is 0.786. The van der Waals surface area contributed by atoms with Gasteiger partial charge in [-0.05, 0) is 25.8 Å². The van der Waals surface area contributed by atoms with Crippen LogP contribution in [0.1, 0.15) is 19.3 Å². The Morgan fingerprint density at radius 1 is 1.10 bits per heavy atom. The molecule has 21 heavy (non-hydrogen) atoms. The van der Waals surface area contributed by atoms with Crippen molar-refractivity contribution in [1.29, 1.82) is 0 Å². The van der Waals surface area contributed by atoms with Crippen molar-refractivity contribution in [2.75, 3.05) is 62.4 Å². The summed E-state index contributed by atoms with van der Waals surface area (Å²) in [7, 11) is 5.76. The van der Waals surface area contributed by atoms with E-state index < -0.39 is 0 Å². The fourth-order valence-corrected chi connectivity index (χ4v) is 3.20. The monoisotopic (exact) mass is 291 g/mol. The highest BCUT2D eigenvalue weighted by Gasteiger charge is 2.30. The second kappa shape index (κ2) is 6.01. The zero-order valence-electron chi connectivity index (χ0n) is 13.2. The highest BCUT2D eigenvalue weighted by atomic mass is 15.4. The van der Waals surface area contributed by atoms with Crippen molar-refractivity contribution >= 4 is 17.8 Å². The van der Waals surface area contributed by atoms with Gasteiger partial charge in [0, 0.05) is 46.8 Å². The standard InChI is InChI=1S/C14H25N7/c1-15-12-16-13(19(2)3)18-14(17-12)21-9-5-8-20-7-4-6-11(20)10-21/h11H,4-10H2,1-3H3,(H,15,16,17,18). The number of nitrogens with zero attached hydrogens (tertiary/aromatic N) is 6. The van der Waals surface area contributed by atoms with E-state index in [2.05, 4.69) is 30.1 Å². The molecule has 1 N–H and O–H groups in total. The van der Waals surface area contributed by atoms with Crippen LogP contribution in [0.3, 0.4) is 0 Å². The van der Waals surface area contributed by atoms with Crippen molar-refractivity contribution in [2.45, 2.75) is 25.3 Å². The van der Waals surface area contributed by atoms with E-state index in [1.54, 1.807) is 0 Å². The Balaban J connectivity index is 1.86. The highest BCUT2D eigenvalue weighted by molar-refractivity contribution is 5.44. The van der Waals surface area contributed by atoms with Crippen molar-refractivity contribution in [3.05, 3.63) is 0 Å². The summed E-state index contributed by atoms with van der Waals surface area (Å²) in [4.78, 5) is 20.4. The minimum absolute atomic E-state index is 0.635. The zero-order valence-corrected chi connectivity index (χ0v) is 13.2. The first kappa shape index (κ1) is 14.3. The molecule has 116 valence electrons. The molecule has 1 aromatic rings. The maximum atomic E-state index is 4.63. The summed E-state index contributed by atoms with van der Waals surface area (Å²) >= 11 is 0. The van der Waals surface area contributed by atoms with Crippen LogP contribution < -0.4 is 15.1 Å². The lowest BCUT2D eigenvalue weighted by Crippen LogP contribution is -2.37. The third-order valence-corrected chi connectivity index (χ3v) is 4.32. The summed E-state index contributed by atoms with van der Waals surface area (Å²) in [5.41, 5.74) is 0. The van der Waals surface area contributed by atoms with Gasteiger partial charge in [0.1, 0.15) is 0 Å². The Hall–Kier alpha value is -1.63. The highest BCUT2D eigenvalue weighted by Crippen LogP contribution is 2.24. The third-order valence-electron chi connectivity index (χ3n) is 4.32. The predicted molar refractivity (Wildman–Crippen MR) is 85.1 cm³/mol. The summed E-state index contributed by atoms with van der Waals surface area (Å²) in [6.07, 6.45) is 3.79. The molecule has 2 fully saturated rings. The van der Waals surface area contributed by atoms with E-state index in [4.69, 9.17) is 0 Å². The molecule has 0 aliphatic carbocycles. The topological polar surface area (TPSA) is 60.4 Å². The van der Waals surface area contributed by atoms with Crippen LogP contribution in [0.25, 0.3) is 0 Å². The lowest BCUT2D eigenvalue weighted by molar-refractivity contribution is 0.273. The molecule has 1 atom stereocenters. The van der Waals surface area contributed by atoms with Gasteiger partial charge in [-0.15, -0.1) is 0 Å². The molecule has 1 unspecified atom stereocenters. The SMILES string of the molecule is CNc1nc(N(C)C)nc(N2CCCN3CCCC3C2)n1. The lowest BCUT2D eigenvalue weighted by atomic mass is 10.2. The van der Waals surface area contributed by atoms with E-state index >= 15 is 0 Å². The van der Waals surface area contributed by atoms with Crippen molar-refractivity contribution in [1.82, 2.24) is 19.9 Å². The van der Waals surface area contributed by atoms with Gasteiger partial charge >= 0.3 is 0 Å². The van der Waals surface area contributed by atoms with E-state index in [9.17, 15) is 0 Å². The van der Waals surface area contributed by atoms with Crippen molar-refractivity contribution < 1.29 is 0 Å². The van der Waals surface area contributed by atoms with Crippen LogP contribution in [0.4, 0.5) is 17.8 Å². The van der Waals surface area contributed by atoms with Gasteiger partial charge in [0.25, 0.3) is 0 Å². The lowest BCUT2D eigenvalue weighted by Gasteiger charge is -2.26. The van der Waals surface area contributed by atoms with Gasteiger partial charge in [-0.1, -0.05) is 0 Å². The average molecular weight is 291 g/mol. The Morgan fingerprint density at radius 3 is 2.67 bits per heavy atom. The van der Waals surface area contributed by atoms with Gasteiger partial charge in [0.15, 0.2) is 0 Å². The van der Waals surface area contributed by atoms with Gasteiger partial charge in [0.2, 0.25) is 17.8 Å². The predicted octanol–water partition coefficient (Wildman–Crippen LogP) is 0.654. The van der Waals surface area contributed by atoms with Crippen LogP contribution in [-0.4, -0.2) is 73.2 Å². The first-order valence-corrected chi connectivity index (χ1v) is 7.77. The third kappa shape index (κ3) is 3.02. The van der Waals surface area contributed by atoms with Gasteiger partial charge in [-0.2, -0.15) is 15.0 Å². The fourth-order valence-electron chi connectivity index (χ4n) is 3.20. The van der Waals surface area contributed by atoms with E-state index in [0.29, 0.717) is 17.9 Å². The van der Waals surface area contributed by atoms with Gasteiger partial charge in [-0.3, -0.25) is 4.90 Å². The Labute approximate surface area is 126 Å². The van der Waals surface area contributed by atoms with Crippen LogP contribution in [-0.2, 0) is 0 Å². The van der Waals surface area contributed by atoms with Gasteiger partial charge in [-0.25, -0.2) is 0 Å². The van der Waals surface area contributed by atoms with Crippen molar-refractivity contribution in [3.63, 3.8) is 0 Å². The average Bonchev–Trinajstić information content (AvgIpc) is 2.83. The minimum atomic E-state index is 0.635. The number of hydrogen-bond acceptors (Lipinski definition) is 7. The number of nitrogens with one attached hydrogen (secondary N) is 1. The van der Waals surface area contributed by atoms with Gasteiger partial charge in [0.05, 0.1) is 0 Å². The Morgan fingerprint density at radius 2 is 1.90 bits per heavy atom. The van der Waals surface area contributed by atoms with E-state index in [-0.39, 0.29) is 0 Å². The summed E-state index contributed by atoms with van der Waals surface area (Å²) in [6, 6.07) is 0.658. The molecule has 1 aromatic heterocycles. The summed E-state index contributed by atoms with van der Waals surface area (Å²) in [6.45, 7) is 4.50. The Bertz CT molecular complexity index is 490. The molecule has 7 heteroatoms. The quantitative estimate of drug-likeness (QED) is 0.877. The molecule has 2 aliphatic rings. The minimum Gasteiger partial charge on any atom is -0.357 e. The molecule has 2 aliphatic heterocycles. The maximum absolute atomic E-state index is 4.63. The van der Waals surface area contributed by atoms with E-state index in [1.807, 2.05) is 26.0 Å². The summed E-state index contributed by atoms with van der Waals surface area (Å²) in [5.74, 6) is 2.14. The molecule has 0 spiro atoms. The molecular formula is C14H25N7. The molecule has 0 saturated carbocycles. The largest absolute Gasteiger partial charge is 0.357 e. The number of anilines is 3. The molecule has 0 radical (unpaired) electrons. The molecular weight excluding hydrogens is 266 g/mol. The van der Waals surface area contributed by atoms with Crippen LogP contribution in [0.15, 0.2) is 0 Å². The van der Waals surface area contributed by atoms with E-state index in [0.717, 1.165) is 19.0 Å². The molecule has 0 bridgehead atoms. The summed E-state index contributed by atoms with van der Waals surface area (Å²) < 4.78 is 0. The number of hydrogen-bond donors (Lipinski definition) is 1. The first-order chi connectivity index (χ1) is 10.2. The molecule has 3 rings (SSSR count). The Kier molecular flexibility index (Phi) is 4.10. The molecule has 0 aromatic carbocycles. The maximum Gasteiger partial charge on any atom is 0.232 e.